The number of benzene rings is 2. The lowest BCUT2D eigenvalue weighted by Crippen LogP contribution is -2.08. The van der Waals surface area contributed by atoms with E-state index in [0.717, 1.165) is 19.4 Å². The third-order valence-corrected chi connectivity index (χ3v) is 3.31. The van der Waals surface area contributed by atoms with E-state index in [9.17, 15) is 0 Å². The molecule has 0 fully saturated rings. The van der Waals surface area contributed by atoms with E-state index < -0.39 is 0 Å². The zero-order chi connectivity index (χ0) is 17.3. The molecule has 3 rings (SSSR count). The number of hydrogen-bond donors (Lipinski definition) is 1. The molecule has 6 nitrogen and oxygen atoms in total. The van der Waals surface area contributed by atoms with Gasteiger partial charge in [-0.1, -0.05) is 49.7 Å². The van der Waals surface area contributed by atoms with Gasteiger partial charge < -0.3 is 14.8 Å². The minimum Gasteiger partial charge on any atom is -0.424 e. The van der Waals surface area contributed by atoms with Crippen LogP contribution in [0.25, 0.3) is 0 Å². The number of unbranched alkanes of at least 4 members (excludes halogenated alkanes) is 1. The smallest absolute Gasteiger partial charge is 0.330 e. The molecule has 6 heteroatoms. The third-order valence-electron chi connectivity index (χ3n) is 3.31. The maximum absolute atomic E-state index is 5.72. The highest BCUT2D eigenvalue weighted by Crippen LogP contribution is 2.23. The van der Waals surface area contributed by atoms with Crippen LogP contribution >= 0.6 is 0 Å². The van der Waals surface area contributed by atoms with Gasteiger partial charge in [-0.3, -0.25) is 0 Å². The summed E-state index contributed by atoms with van der Waals surface area (Å²) in [6, 6.07) is 19.1. The van der Waals surface area contributed by atoms with Gasteiger partial charge >= 0.3 is 12.0 Å². The summed E-state index contributed by atoms with van der Waals surface area (Å²) in [5, 5.41) is 3.18. The van der Waals surface area contributed by atoms with Gasteiger partial charge in [-0.25, -0.2) is 0 Å². The highest BCUT2D eigenvalue weighted by molar-refractivity contribution is 5.32. The molecule has 1 aromatic heterocycles. The molecule has 0 bridgehead atoms. The second kappa shape index (κ2) is 8.63. The van der Waals surface area contributed by atoms with Crippen molar-refractivity contribution in [1.29, 1.82) is 0 Å². The van der Waals surface area contributed by atoms with Crippen LogP contribution in [0.4, 0.5) is 5.95 Å². The minimum absolute atomic E-state index is 0.186. The van der Waals surface area contributed by atoms with Gasteiger partial charge in [0.15, 0.2) is 0 Å². The Balaban J connectivity index is 1.82. The van der Waals surface area contributed by atoms with Crippen LogP contribution in [0.3, 0.4) is 0 Å². The summed E-state index contributed by atoms with van der Waals surface area (Å²) >= 11 is 0. The number of hydrogen-bond acceptors (Lipinski definition) is 6. The normalized spacial score (nSPS) is 10.3. The number of anilines is 1. The highest BCUT2D eigenvalue weighted by atomic mass is 16.5. The Labute approximate surface area is 146 Å². The van der Waals surface area contributed by atoms with Gasteiger partial charge in [0.05, 0.1) is 0 Å². The number of para-hydroxylation sites is 2. The molecule has 0 radical (unpaired) electrons. The lowest BCUT2D eigenvalue weighted by Gasteiger charge is -2.10. The fourth-order valence-electron chi connectivity index (χ4n) is 2.07. The topological polar surface area (TPSA) is 69.2 Å². The number of nitrogens with zero attached hydrogens (tertiary/aromatic N) is 3. The average Bonchev–Trinajstić information content (AvgIpc) is 2.63. The van der Waals surface area contributed by atoms with Crippen molar-refractivity contribution in [1.82, 2.24) is 15.0 Å². The van der Waals surface area contributed by atoms with Gasteiger partial charge in [0.1, 0.15) is 11.5 Å². The van der Waals surface area contributed by atoms with Crippen LogP contribution in [0.2, 0.25) is 0 Å². The molecule has 0 atom stereocenters. The summed E-state index contributed by atoms with van der Waals surface area (Å²) in [6.07, 6.45) is 2.11. The molecule has 0 saturated heterocycles. The second-order valence-corrected chi connectivity index (χ2v) is 5.33. The standard InChI is InChI=1S/C19H20N4O2/c1-2-3-14-20-17-21-18(24-15-10-6-4-7-11-15)23-19(22-17)25-16-12-8-5-9-13-16/h4-13H,2-3,14H2,1H3,(H,20,21,22,23). The molecule has 25 heavy (non-hydrogen) atoms. The SMILES string of the molecule is CCCCNc1nc(Oc2ccccc2)nc(Oc2ccccc2)n1. The first-order valence-corrected chi connectivity index (χ1v) is 8.29. The average molecular weight is 336 g/mol. The molecule has 1 N–H and O–H groups in total. The summed E-state index contributed by atoms with van der Waals surface area (Å²) in [6.45, 7) is 2.90. The van der Waals surface area contributed by atoms with Crippen LogP contribution in [0.1, 0.15) is 19.8 Å². The van der Waals surface area contributed by atoms with Crippen molar-refractivity contribution in [2.45, 2.75) is 19.8 Å². The van der Waals surface area contributed by atoms with Crippen molar-refractivity contribution in [2.75, 3.05) is 11.9 Å². The molecule has 0 aliphatic carbocycles. The first kappa shape index (κ1) is 16.7. The fourth-order valence-corrected chi connectivity index (χ4v) is 2.07. The van der Waals surface area contributed by atoms with E-state index in [4.69, 9.17) is 9.47 Å². The summed E-state index contributed by atoms with van der Waals surface area (Å²) in [4.78, 5) is 12.9. The zero-order valence-electron chi connectivity index (χ0n) is 14.1. The number of rotatable bonds is 8. The minimum atomic E-state index is 0.186. The highest BCUT2D eigenvalue weighted by Gasteiger charge is 2.10. The van der Waals surface area contributed by atoms with Gasteiger partial charge in [0, 0.05) is 6.54 Å². The van der Waals surface area contributed by atoms with Crippen LogP contribution in [0, 0.1) is 0 Å². The molecule has 0 saturated carbocycles. The Morgan fingerprint density at radius 3 is 1.76 bits per heavy atom. The lowest BCUT2D eigenvalue weighted by atomic mass is 10.3. The van der Waals surface area contributed by atoms with Gasteiger partial charge in [-0.15, -0.1) is 4.98 Å². The van der Waals surface area contributed by atoms with Crippen LogP contribution in [0.5, 0.6) is 23.5 Å². The molecule has 128 valence electrons. The molecule has 1 heterocycles. The van der Waals surface area contributed by atoms with Crippen molar-refractivity contribution in [3.05, 3.63) is 60.7 Å². The molecule has 2 aromatic carbocycles. The van der Waals surface area contributed by atoms with E-state index >= 15 is 0 Å². The third kappa shape index (κ3) is 5.17. The lowest BCUT2D eigenvalue weighted by molar-refractivity contribution is 0.398. The Morgan fingerprint density at radius 1 is 0.760 bits per heavy atom. The molecule has 0 aliphatic heterocycles. The van der Waals surface area contributed by atoms with Gasteiger partial charge in [-0.05, 0) is 30.7 Å². The van der Waals surface area contributed by atoms with Crippen LogP contribution in [0.15, 0.2) is 60.7 Å². The van der Waals surface area contributed by atoms with Gasteiger partial charge in [0.25, 0.3) is 0 Å². The first-order chi connectivity index (χ1) is 12.3. The monoisotopic (exact) mass is 336 g/mol. The van der Waals surface area contributed by atoms with Crippen LogP contribution < -0.4 is 14.8 Å². The summed E-state index contributed by atoms with van der Waals surface area (Å²) in [5.74, 6) is 1.73. The summed E-state index contributed by atoms with van der Waals surface area (Å²) in [5.41, 5.74) is 0. The molecular formula is C19H20N4O2. The van der Waals surface area contributed by atoms with E-state index in [-0.39, 0.29) is 12.0 Å². The van der Waals surface area contributed by atoms with E-state index in [1.807, 2.05) is 60.7 Å². The zero-order valence-corrected chi connectivity index (χ0v) is 14.1. The molecule has 0 spiro atoms. The van der Waals surface area contributed by atoms with Crippen molar-refractivity contribution in [3.8, 4) is 23.5 Å². The summed E-state index contributed by atoms with van der Waals surface area (Å²) < 4.78 is 11.4. The Hall–Kier alpha value is -3.15. The number of aromatic nitrogens is 3. The van der Waals surface area contributed by atoms with E-state index in [1.54, 1.807) is 0 Å². The number of ether oxygens (including phenoxy) is 2. The van der Waals surface area contributed by atoms with Crippen LogP contribution in [-0.4, -0.2) is 21.5 Å². The molecule has 0 aliphatic rings. The molecule has 0 amide bonds. The summed E-state index contributed by atoms with van der Waals surface area (Å²) in [7, 11) is 0. The second-order valence-electron chi connectivity index (χ2n) is 5.33. The molecule has 0 unspecified atom stereocenters. The van der Waals surface area contributed by atoms with E-state index in [1.165, 1.54) is 0 Å². The molecular weight excluding hydrogens is 316 g/mol. The first-order valence-electron chi connectivity index (χ1n) is 8.29. The predicted molar refractivity (Wildman–Crippen MR) is 96.3 cm³/mol. The number of nitrogens with one attached hydrogen (secondary N) is 1. The molecule has 3 aromatic rings. The maximum Gasteiger partial charge on any atom is 0.330 e. The van der Waals surface area contributed by atoms with E-state index in [2.05, 4.69) is 27.2 Å². The van der Waals surface area contributed by atoms with Crippen molar-refractivity contribution in [3.63, 3.8) is 0 Å². The Morgan fingerprint density at radius 2 is 1.28 bits per heavy atom. The van der Waals surface area contributed by atoms with Crippen molar-refractivity contribution < 1.29 is 9.47 Å². The van der Waals surface area contributed by atoms with Crippen molar-refractivity contribution in [2.24, 2.45) is 0 Å². The van der Waals surface area contributed by atoms with Crippen LogP contribution in [-0.2, 0) is 0 Å². The fraction of sp³-hybridized carbons (Fsp3) is 0.211. The quantitative estimate of drug-likeness (QED) is 0.603. The Bertz CT molecular complexity index is 722. The van der Waals surface area contributed by atoms with Gasteiger partial charge in [-0.2, -0.15) is 9.97 Å². The van der Waals surface area contributed by atoms with E-state index in [0.29, 0.717) is 17.4 Å². The maximum atomic E-state index is 5.72. The largest absolute Gasteiger partial charge is 0.424 e. The Kier molecular flexibility index (Phi) is 5.77. The van der Waals surface area contributed by atoms with Crippen molar-refractivity contribution >= 4 is 5.95 Å². The van der Waals surface area contributed by atoms with Gasteiger partial charge in [0.2, 0.25) is 5.95 Å². The predicted octanol–water partition coefficient (Wildman–Crippen LogP) is 4.67.